The largest absolute Gasteiger partial charge is 0.495 e. The summed E-state index contributed by atoms with van der Waals surface area (Å²) in [6.45, 7) is 0.210. The number of ether oxygens (including phenoxy) is 1. The number of halogens is 1. The van der Waals surface area contributed by atoms with Crippen molar-refractivity contribution in [1.82, 2.24) is 8.61 Å². The molecule has 3 rings (SSSR count). The van der Waals surface area contributed by atoms with Crippen LogP contribution in [0.2, 0.25) is 0 Å². The molecule has 0 spiro atoms. The van der Waals surface area contributed by atoms with Gasteiger partial charge < -0.3 is 10.1 Å². The van der Waals surface area contributed by atoms with Gasteiger partial charge in [-0.1, -0.05) is 0 Å². The van der Waals surface area contributed by atoms with Crippen LogP contribution in [-0.4, -0.2) is 65.6 Å². The van der Waals surface area contributed by atoms with Crippen molar-refractivity contribution in [2.24, 2.45) is 5.92 Å². The molecule has 0 saturated carbocycles. The first kappa shape index (κ1) is 25.1. The Morgan fingerprint density at radius 3 is 2.39 bits per heavy atom. The van der Waals surface area contributed by atoms with Crippen molar-refractivity contribution in [3.8, 4) is 5.75 Å². The average molecular weight is 500 g/mol. The van der Waals surface area contributed by atoms with Gasteiger partial charge in [-0.3, -0.25) is 4.79 Å². The quantitative estimate of drug-likeness (QED) is 0.625. The summed E-state index contributed by atoms with van der Waals surface area (Å²) >= 11 is 0. The predicted octanol–water partition coefficient (Wildman–Crippen LogP) is 2.12. The highest BCUT2D eigenvalue weighted by Crippen LogP contribution is 2.30. The number of hydrogen-bond acceptors (Lipinski definition) is 6. The number of methoxy groups -OCH3 is 1. The topological polar surface area (TPSA) is 113 Å². The Morgan fingerprint density at radius 2 is 1.79 bits per heavy atom. The Morgan fingerprint density at radius 1 is 1.12 bits per heavy atom. The van der Waals surface area contributed by atoms with Crippen molar-refractivity contribution in [1.29, 1.82) is 0 Å². The molecule has 2 aromatic rings. The van der Waals surface area contributed by atoms with Gasteiger partial charge in [-0.25, -0.2) is 25.5 Å². The third-order valence-electron chi connectivity index (χ3n) is 5.40. The lowest BCUT2D eigenvalue weighted by Crippen LogP contribution is -2.43. The van der Waals surface area contributed by atoms with Gasteiger partial charge >= 0.3 is 0 Å². The molecule has 1 aliphatic rings. The fourth-order valence-electron chi connectivity index (χ4n) is 3.53. The first-order valence-electron chi connectivity index (χ1n) is 10.1. The number of hydrogen-bond donors (Lipinski definition) is 1. The zero-order chi connectivity index (χ0) is 24.4. The van der Waals surface area contributed by atoms with Crippen LogP contribution in [0.1, 0.15) is 12.8 Å². The van der Waals surface area contributed by atoms with E-state index in [2.05, 4.69) is 5.32 Å². The monoisotopic (exact) mass is 499 g/mol. The highest BCUT2D eigenvalue weighted by Gasteiger charge is 2.33. The van der Waals surface area contributed by atoms with E-state index in [0.29, 0.717) is 12.8 Å². The molecule has 1 saturated heterocycles. The van der Waals surface area contributed by atoms with E-state index < -0.39 is 37.7 Å². The van der Waals surface area contributed by atoms with Crippen LogP contribution in [0.25, 0.3) is 0 Å². The van der Waals surface area contributed by atoms with E-state index in [9.17, 15) is 26.0 Å². The lowest BCUT2D eigenvalue weighted by Gasteiger charge is -2.31. The molecule has 33 heavy (non-hydrogen) atoms. The third kappa shape index (κ3) is 5.35. The van der Waals surface area contributed by atoms with Gasteiger partial charge in [0.05, 0.1) is 17.9 Å². The summed E-state index contributed by atoms with van der Waals surface area (Å²) in [7, 11) is -3.58. The maximum Gasteiger partial charge on any atom is 0.246 e. The Hall–Kier alpha value is -2.54. The Kier molecular flexibility index (Phi) is 7.42. The molecular weight excluding hydrogens is 473 g/mol. The SMILES string of the molecule is COc1ccc(NC(=O)C2CCCN(S(=O)(=O)c3ccc(F)cc3)C2)cc1S(=O)(=O)N(C)C. The summed E-state index contributed by atoms with van der Waals surface area (Å²) in [4.78, 5) is 12.8. The van der Waals surface area contributed by atoms with Crippen molar-refractivity contribution < 1.29 is 30.8 Å². The van der Waals surface area contributed by atoms with Gasteiger partial charge in [0.1, 0.15) is 16.5 Å². The molecule has 0 aliphatic carbocycles. The Balaban J connectivity index is 1.79. The molecule has 2 aromatic carbocycles. The minimum absolute atomic E-state index is 0.0372. The smallest absolute Gasteiger partial charge is 0.246 e. The molecule has 0 radical (unpaired) electrons. The van der Waals surface area contributed by atoms with Crippen LogP contribution >= 0.6 is 0 Å². The number of carbonyl (C=O) groups is 1. The van der Waals surface area contributed by atoms with Gasteiger partial charge in [-0.05, 0) is 55.3 Å². The second-order valence-corrected chi connectivity index (χ2v) is 11.9. The lowest BCUT2D eigenvalue weighted by atomic mass is 9.98. The van der Waals surface area contributed by atoms with E-state index in [1.54, 1.807) is 0 Å². The van der Waals surface area contributed by atoms with Crippen molar-refractivity contribution in [3.63, 3.8) is 0 Å². The van der Waals surface area contributed by atoms with Crippen LogP contribution in [0, 0.1) is 11.7 Å². The molecule has 9 nitrogen and oxygen atoms in total. The van der Waals surface area contributed by atoms with Crippen molar-refractivity contribution in [3.05, 3.63) is 48.3 Å². The van der Waals surface area contributed by atoms with Gasteiger partial charge in [-0.15, -0.1) is 0 Å². The zero-order valence-electron chi connectivity index (χ0n) is 18.5. The number of rotatable bonds is 7. The molecule has 1 heterocycles. The number of amides is 1. The molecule has 1 atom stereocenters. The summed E-state index contributed by atoms with van der Waals surface area (Å²) in [5.41, 5.74) is 0.250. The maximum atomic E-state index is 13.2. The number of nitrogens with one attached hydrogen (secondary N) is 1. The number of benzene rings is 2. The van der Waals surface area contributed by atoms with Crippen LogP contribution in [0.3, 0.4) is 0 Å². The van der Waals surface area contributed by atoms with E-state index in [4.69, 9.17) is 4.74 Å². The standard InChI is InChI=1S/C21H26FN3O6S2/c1-24(2)33(29,30)20-13-17(8-11-19(20)31-3)23-21(26)15-5-4-12-25(14-15)32(27,28)18-9-6-16(22)7-10-18/h6-11,13,15H,4-5,12,14H2,1-3H3,(H,23,26). The molecule has 1 fully saturated rings. The summed E-state index contributed by atoms with van der Waals surface area (Å²) in [5.74, 6) is -1.46. The van der Waals surface area contributed by atoms with Gasteiger partial charge in [0, 0.05) is 32.9 Å². The molecule has 12 heteroatoms. The molecule has 0 bridgehead atoms. The highest BCUT2D eigenvalue weighted by atomic mass is 32.2. The van der Waals surface area contributed by atoms with Crippen LogP contribution in [0.15, 0.2) is 52.3 Å². The van der Waals surface area contributed by atoms with Crippen molar-refractivity contribution >= 4 is 31.6 Å². The fraction of sp³-hybridized carbons (Fsp3) is 0.381. The predicted molar refractivity (Wildman–Crippen MR) is 120 cm³/mol. The van der Waals surface area contributed by atoms with E-state index in [-0.39, 0.29) is 34.3 Å². The molecular formula is C21H26FN3O6S2. The van der Waals surface area contributed by atoms with E-state index in [1.165, 1.54) is 55.8 Å². The number of anilines is 1. The summed E-state index contributed by atoms with van der Waals surface area (Å²) < 4.78 is 71.6. The Bertz CT molecular complexity index is 1230. The first-order chi connectivity index (χ1) is 15.5. The van der Waals surface area contributed by atoms with E-state index in [0.717, 1.165) is 16.4 Å². The minimum atomic E-state index is -3.88. The minimum Gasteiger partial charge on any atom is -0.495 e. The van der Waals surface area contributed by atoms with Gasteiger partial charge in [0.15, 0.2) is 0 Å². The van der Waals surface area contributed by atoms with Crippen LogP contribution < -0.4 is 10.1 Å². The molecule has 1 N–H and O–H groups in total. The molecule has 0 aromatic heterocycles. The van der Waals surface area contributed by atoms with Crippen molar-refractivity contribution in [2.45, 2.75) is 22.6 Å². The normalized spacial score (nSPS) is 17.7. The molecule has 1 aliphatic heterocycles. The highest BCUT2D eigenvalue weighted by molar-refractivity contribution is 7.89. The molecule has 1 unspecified atom stereocenters. The zero-order valence-corrected chi connectivity index (χ0v) is 20.1. The second-order valence-electron chi connectivity index (χ2n) is 7.80. The summed E-state index contributed by atoms with van der Waals surface area (Å²) in [5, 5.41) is 2.69. The Labute approximate surface area is 193 Å². The van der Waals surface area contributed by atoms with Crippen molar-refractivity contribution in [2.75, 3.05) is 39.6 Å². The third-order valence-corrected chi connectivity index (χ3v) is 9.11. The number of nitrogens with zero attached hydrogens (tertiary/aromatic N) is 2. The molecule has 180 valence electrons. The van der Waals surface area contributed by atoms with Gasteiger partial charge in [0.2, 0.25) is 26.0 Å². The van der Waals surface area contributed by atoms with E-state index >= 15 is 0 Å². The fourth-order valence-corrected chi connectivity index (χ4v) is 6.13. The average Bonchev–Trinajstić information content (AvgIpc) is 2.79. The number of carbonyl (C=O) groups excluding carboxylic acids is 1. The lowest BCUT2D eigenvalue weighted by molar-refractivity contribution is -0.120. The van der Waals surface area contributed by atoms with Crippen LogP contribution in [0.4, 0.5) is 10.1 Å². The summed E-state index contributed by atoms with van der Waals surface area (Å²) in [6, 6.07) is 8.80. The van der Waals surface area contributed by atoms with Crippen LogP contribution in [0.5, 0.6) is 5.75 Å². The second kappa shape index (κ2) is 9.75. The number of piperidine rings is 1. The van der Waals surface area contributed by atoms with Crippen LogP contribution in [-0.2, 0) is 24.8 Å². The van der Waals surface area contributed by atoms with Gasteiger partial charge in [0.25, 0.3) is 0 Å². The van der Waals surface area contributed by atoms with Gasteiger partial charge in [-0.2, -0.15) is 4.31 Å². The molecule has 1 amide bonds. The van der Waals surface area contributed by atoms with E-state index in [1.807, 2.05) is 0 Å². The first-order valence-corrected chi connectivity index (χ1v) is 13.0. The maximum absolute atomic E-state index is 13.2. The summed E-state index contributed by atoms with van der Waals surface area (Å²) in [6.07, 6.45) is 0.946. The number of sulfonamides is 2.